The fourth-order valence-corrected chi connectivity index (χ4v) is 2.62. The van der Waals surface area contributed by atoms with Gasteiger partial charge in [-0.25, -0.2) is 4.79 Å². The van der Waals surface area contributed by atoms with E-state index in [4.69, 9.17) is 14.2 Å². The van der Waals surface area contributed by atoms with Gasteiger partial charge < -0.3 is 14.2 Å². The molecule has 2 aliphatic rings. The highest BCUT2D eigenvalue weighted by molar-refractivity contribution is 5.83. The van der Waals surface area contributed by atoms with Crippen LogP contribution in [0, 0.1) is 5.92 Å². The Hall–Kier alpha value is -1.82. The molecule has 6 nitrogen and oxygen atoms in total. The molecule has 0 bridgehead atoms. The summed E-state index contributed by atoms with van der Waals surface area (Å²) >= 11 is 0. The quantitative estimate of drug-likeness (QED) is 0.861. The molecule has 0 saturated carbocycles. The first kappa shape index (κ1) is 14.1. The van der Waals surface area contributed by atoms with Gasteiger partial charge in [0.15, 0.2) is 0 Å². The first-order chi connectivity index (χ1) is 9.92. The maximum absolute atomic E-state index is 11.7. The van der Waals surface area contributed by atoms with Crippen LogP contribution in [0.3, 0.4) is 0 Å². The molecule has 6 heteroatoms. The van der Waals surface area contributed by atoms with Gasteiger partial charge in [-0.05, 0) is 32.9 Å². The SMILES string of the molecule is CC(C)(C)OC(=O)Nc1ccc2c(n1)OCC1COCC21. The van der Waals surface area contributed by atoms with Crippen molar-refractivity contribution in [2.24, 2.45) is 5.92 Å². The molecule has 3 rings (SSSR count). The second-order valence-electron chi connectivity index (χ2n) is 6.43. The molecule has 2 aliphatic heterocycles. The van der Waals surface area contributed by atoms with Gasteiger partial charge in [-0.2, -0.15) is 4.98 Å². The highest BCUT2D eigenvalue weighted by Crippen LogP contribution is 2.40. The molecule has 0 aromatic carbocycles. The maximum Gasteiger partial charge on any atom is 0.413 e. The third-order valence-electron chi connectivity index (χ3n) is 3.55. The van der Waals surface area contributed by atoms with Crippen LogP contribution in [0.2, 0.25) is 0 Å². The monoisotopic (exact) mass is 292 g/mol. The van der Waals surface area contributed by atoms with Crippen molar-refractivity contribution in [3.8, 4) is 5.88 Å². The fraction of sp³-hybridized carbons (Fsp3) is 0.600. The average molecular weight is 292 g/mol. The normalized spacial score (nSPS) is 23.8. The number of carbonyl (C=O) groups is 1. The van der Waals surface area contributed by atoms with E-state index in [1.54, 1.807) is 6.07 Å². The van der Waals surface area contributed by atoms with Gasteiger partial charge in [0.25, 0.3) is 0 Å². The molecule has 1 aromatic heterocycles. The van der Waals surface area contributed by atoms with Gasteiger partial charge >= 0.3 is 6.09 Å². The van der Waals surface area contributed by atoms with Crippen molar-refractivity contribution in [3.05, 3.63) is 17.7 Å². The Balaban J connectivity index is 1.73. The lowest BCUT2D eigenvalue weighted by Gasteiger charge is -2.26. The Morgan fingerprint density at radius 1 is 1.33 bits per heavy atom. The minimum Gasteiger partial charge on any atom is -0.477 e. The van der Waals surface area contributed by atoms with Crippen molar-refractivity contribution in [2.45, 2.75) is 32.3 Å². The van der Waals surface area contributed by atoms with Crippen LogP contribution in [0.1, 0.15) is 32.3 Å². The van der Waals surface area contributed by atoms with E-state index in [2.05, 4.69) is 10.3 Å². The van der Waals surface area contributed by atoms with Gasteiger partial charge in [0.2, 0.25) is 5.88 Å². The van der Waals surface area contributed by atoms with Gasteiger partial charge in [0, 0.05) is 17.4 Å². The fourth-order valence-electron chi connectivity index (χ4n) is 2.62. The Bertz CT molecular complexity index is 553. The Labute approximate surface area is 123 Å². The van der Waals surface area contributed by atoms with E-state index < -0.39 is 11.7 Å². The number of anilines is 1. The molecule has 0 radical (unpaired) electrons. The van der Waals surface area contributed by atoms with Crippen LogP contribution in [0.4, 0.5) is 10.6 Å². The zero-order valence-corrected chi connectivity index (χ0v) is 12.5. The molecule has 1 aromatic rings. The lowest BCUT2D eigenvalue weighted by Crippen LogP contribution is -2.28. The number of hydrogen-bond donors (Lipinski definition) is 1. The molecular weight excluding hydrogens is 272 g/mol. The molecular formula is C15H20N2O4. The van der Waals surface area contributed by atoms with E-state index >= 15 is 0 Å². The number of pyridine rings is 1. The molecule has 1 saturated heterocycles. The number of aromatic nitrogens is 1. The minimum absolute atomic E-state index is 0.344. The van der Waals surface area contributed by atoms with E-state index in [9.17, 15) is 4.79 Å². The van der Waals surface area contributed by atoms with E-state index in [0.717, 1.165) is 12.2 Å². The molecule has 1 fully saturated rings. The third-order valence-corrected chi connectivity index (χ3v) is 3.55. The Morgan fingerprint density at radius 3 is 2.90 bits per heavy atom. The number of rotatable bonds is 1. The van der Waals surface area contributed by atoms with Crippen molar-refractivity contribution < 1.29 is 19.0 Å². The predicted octanol–water partition coefficient (Wildman–Crippen LogP) is 2.55. The van der Waals surface area contributed by atoms with Gasteiger partial charge in [-0.1, -0.05) is 0 Å². The van der Waals surface area contributed by atoms with Crippen LogP contribution < -0.4 is 10.1 Å². The summed E-state index contributed by atoms with van der Waals surface area (Å²) in [5.41, 5.74) is 0.516. The van der Waals surface area contributed by atoms with Gasteiger partial charge in [-0.15, -0.1) is 0 Å². The van der Waals surface area contributed by atoms with Crippen LogP contribution in [-0.4, -0.2) is 36.5 Å². The van der Waals surface area contributed by atoms with Gasteiger partial charge in [-0.3, -0.25) is 5.32 Å². The Kier molecular flexibility index (Phi) is 3.49. The van der Waals surface area contributed by atoms with E-state index in [1.807, 2.05) is 26.8 Å². The van der Waals surface area contributed by atoms with Crippen molar-refractivity contribution in [1.29, 1.82) is 0 Å². The second kappa shape index (κ2) is 5.18. The summed E-state index contributed by atoms with van der Waals surface area (Å²) in [5.74, 6) is 1.76. The number of carbonyl (C=O) groups excluding carboxylic acids is 1. The van der Waals surface area contributed by atoms with Crippen molar-refractivity contribution in [1.82, 2.24) is 4.98 Å². The van der Waals surface area contributed by atoms with E-state index in [-0.39, 0.29) is 0 Å². The van der Waals surface area contributed by atoms with Crippen LogP contribution in [0.15, 0.2) is 12.1 Å². The molecule has 0 aliphatic carbocycles. The van der Waals surface area contributed by atoms with Crippen molar-refractivity contribution in [3.63, 3.8) is 0 Å². The summed E-state index contributed by atoms with van der Waals surface area (Å²) in [7, 11) is 0. The predicted molar refractivity (Wildman–Crippen MR) is 76.6 cm³/mol. The average Bonchev–Trinajstić information content (AvgIpc) is 2.84. The van der Waals surface area contributed by atoms with Crippen LogP contribution >= 0.6 is 0 Å². The zero-order chi connectivity index (χ0) is 15.0. The smallest absolute Gasteiger partial charge is 0.413 e. The number of nitrogens with zero attached hydrogens (tertiary/aromatic N) is 1. The zero-order valence-electron chi connectivity index (χ0n) is 12.5. The summed E-state index contributed by atoms with van der Waals surface area (Å²) in [5, 5.41) is 2.62. The minimum atomic E-state index is -0.538. The molecule has 114 valence electrons. The number of nitrogens with one attached hydrogen (secondary N) is 1. The van der Waals surface area contributed by atoms with Crippen molar-refractivity contribution in [2.75, 3.05) is 25.1 Å². The summed E-state index contributed by atoms with van der Waals surface area (Å²) < 4.78 is 16.4. The van der Waals surface area contributed by atoms with Gasteiger partial charge in [0.05, 0.1) is 19.8 Å². The topological polar surface area (TPSA) is 69.7 Å². The van der Waals surface area contributed by atoms with Gasteiger partial charge in [0.1, 0.15) is 11.4 Å². The molecule has 2 atom stereocenters. The van der Waals surface area contributed by atoms with Crippen LogP contribution in [0.25, 0.3) is 0 Å². The number of hydrogen-bond acceptors (Lipinski definition) is 5. The molecule has 0 spiro atoms. The molecule has 1 N–H and O–H groups in total. The summed E-state index contributed by atoms with van der Waals surface area (Å²) in [6, 6.07) is 3.72. The molecule has 1 amide bonds. The number of amides is 1. The summed E-state index contributed by atoms with van der Waals surface area (Å²) in [6.07, 6.45) is -0.521. The number of ether oxygens (including phenoxy) is 3. The van der Waals surface area contributed by atoms with Crippen molar-refractivity contribution >= 4 is 11.9 Å². The standard InChI is InChI=1S/C15H20N2O4/c1-15(2,3)21-14(18)17-12-5-4-10-11-8-19-6-9(11)7-20-13(10)16-12/h4-5,9,11H,6-8H2,1-3H3,(H,16,17,18). The van der Waals surface area contributed by atoms with E-state index in [0.29, 0.717) is 36.7 Å². The molecule has 3 heterocycles. The summed E-state index contributed by atoms with van der Waals surface area (Å²) in [4.78, 5) is 16.1. The lowest BCUT2D eigenvalue weighted by atomic mass is 9.88. The first-order valence-corrected chi connectivity index (χ1v) is 7.14. The van der Waals surface area contributed by atoms with Crippen LogP contribution in [-0.2, 0) is 9.47 Å². The first-order valence-electron chi connectivity index (χ1n) is 7.14. The molecule has 2 unspecified atom stereocenters. The largest absolute Gasteiger partial charge is 0.477 e. The second-order valence-corrected chi connectivity index (χ2v) is 6.43. The maximum atomic E-state index is 11.7. The highest BCUT2D eigenvalue weighted by Gasteiger charge is 2.36. The molecule has 21 heavy (non-hydrogen) atoms. The number of fused-ring (bicyclic) bond motifs is 3. The Morgan fingerprint density at radius 2 is 2.14 bits per heavy atom. The summed E-state index contributed by atoms with van der Waals surface area (Å²) in [6.45, 7) is 7.51. The lowest BCUT2D eigenvalue weighted by molar-refractivity contribution is 0.0635. The highest BCUT2D eigenvalue weighted by atomic mass is 16.6. The van der Waals surface area contributed by atoms with Crippen LogP contribution in [0.5, 0.6) is 5.88 Å². The third kappa shape index (κ3) is 3.10. The van der Waals surface area contributed by atoms with E-state index in [1.165, 1.54) is 0 Å².